The molecule has 2 unspecified atom stereocenters. The standard InChI is InChI=1S/C72H139NO5/c1-3-5-7-9-11-13-15-16-38-42-46-50-54-58-62-66-72(77)78-67-63-59-55-51-47-43-40-37-35-33-31-29-27-25-23-21-19-17-18-20-22-24-26-28-30-32-34-36-39-41-45-49-53-57-61-65-71(76)73-69(68-74)70(75)64-60-56-52-48-44-14-12-10-8-6-4-2/h19,21,25,27,69-70,74-75H,3-18,20,22-24,26,28-68H2,1-2H3,(H,73,76)/b21-19-,27-25-. The van der Waals surface area contributed by atoms with Crippen LogP contribution in [0.25, 0.3) is 0 Å². The minimum absolute atomic E-state index is 0.0203. The van der Waals surface area contributed by atoms with Crippen LogP contribution in [0.4, 0.5) is 0 Å². The van der Waals surface area contributed by atoms with E-state index in [9.17, 15) is 19.8 Å². The van der Waals surface area contributed by atoms with E-state index < -0.39 is 12.1 Å². The van der Waals surface area contributed by atoms with Gasteiger partial charge in [-0.1, -0.05) is 353 Å². The highest BCUT2D eigenvalue weighted by Crippen LogP contribution is 2.19. The molecule has 6 nitrogen and oxygen atoms in total. The lowest BCUT2D eigenvalue weighted by Crippen LogP contribution is -2.45. The van der Waals surface area contributed by atoms with Crippen LogP contribution >= 0.6 is 0 Å². The van der Waals surface area contributed by atoms with Gasteiger partial charge in [-0.2, -0.15) is 0 Å². The first kappa shape index (κ1) is 76.3. The smallest absolute Gasteiger partial charge is 0.305 e. The highest BCUT2D eigenvalue weighted by atomic mass is 16.5. The maximum atomic E-state index is 12.5. The summed E-state index contributed by atoms with van der Waals surface area (Å²) in [5, 5.41) is 23.2. The van der Waals surface area contributed by atoms with E-state index in [1.54, 1.807) is 0 Å². The van der Waals surface area contributed by atoms with Crippen molar-refractivity contribution in [2.75, 3.05) is 13.2 Å². The van der Waals surface area contributed by atoms with Gasteiger partial charge in [0.15, 0.2) is 0 Å². The van der Waals surface area contributed by atoms with Crippen LogP contribution in [-0.4, -0.2) is 47.4 Å². The Kier molecular flexibility index (Phi) is 66.4. The molecule has 0 aromatic rings. The Morgan fingerprint density at radius 3 is 0.974 bits per heavy atom. The van der Waals surface area contributed by atoms with E-state index in [4.69, 9.17) is 4.74 Å². The molecule has 0 aliphatic rings. The molecule has 0 aliphatic carbocycles. The lowest BCUT2D eigenvalue weighted by atomic mass is 10.0. The molecule has 6 heteroatoms. The SMILES string of the molecule is CCCCCCCCCCCCCCCCCC(=O)OCCCCCCCCCCCCC/C=C\C/C=C\CCCCCCCCCCCCCCCCCCCC(=O)NC(CO)C(O)CCCCCCCCCCCCC. The second kappa shape index (κ2) is 67.8. The molecule has 0 aromatic heterocycles. The number of nitrogens with one attached hydrogen (secondary N) is 1. The van der Waals surface area contributed by atoms with Crippen LogP contribution in [0.5, 0.6) is 0 Å². The van der Waals surface area contributed by atoms with Crippen molar-refractivity contribution in [1.82, 2.24) is 5.32 Å². The van der Waals surface area contributed by atoms with E-state index in [1.165, 1.54) is 321 Å². The number of carbonyl (C=O) groups excluding carboxylic acids is 2. The Morgan fingerprint density at radius 2 is 0.641 bits per heavy atom. The molecule has 0 heterocycles. The van der Waals surface area contributed by atoms with E-state index in [0.29, 0.717) is 25.9 Å². The van der Waals surface area contributed by atoms with Crippen LogP contribution in [0, 0.1) is 0 Å². The number of rotatable bonds is 67. The summed E-state index contributed by atoms with van der Waals surface area (Å²) in [4.78, 5) is 24.5. The summed E-state index contributed by atoms with van der Waals surface area (Å²) < 4.78 is 5.50. The van der Waals surface area contributed by atoms with Crippen molar-refractivity contribution in [3.8, 4) is 0 Å². The zero-order chi connectivity index (χ0) is 56.4. The highest BCUT2D eigenvalue weighted by molar-refractivity contribution is 5.76. The van der Waals surface area contributed by atoms with Gasteiger partial charge in [-0.3, -0.25) is 9.59 Å². The average molecular weight is 1100 g/mol. The number of aliphatic hydroxyl groups excluding tert-OH is 2. The summed E-state index contributed by atoms with van der Waals surface area (Å²) in [6, 6.07) is -0.538. The number of hydrogen-bond donors (Lipinski definition) is 3. The zero-order valence-corrected chi connectivity index (χ0v) is 52.9. The third kappa shape index (κ3) is 63.5. The van der Waals surface area contributed by atoms with Gasteiger partial charge in [0, 0.05) is 12.8 Å². The molecule has 462 valence electrons. The van der Waals surface area contributed by atoms with E-state index >= 15 is 0 Å². The molecule has 2 atom stereocenters. The van der Waals surface area contributed by atoms with Gasteiger partial charge in [0.2, 0.25) is 5.91 Å². The van der Waals surface area contributed by atoms with Crippen LogP contribution in [0.3, 0.4) is 0 Å². The van der Waals surface area contributed by atoms with E-state index in [1.807, 2.05) is 0 Å². The van der Waals surface area contributed by atoms with Crippen LogP contribution < -0.4 is 5.32 Å². The second-order valence-electron chi connectivity index (χ2n) is 24.6. The van der Waals surface area contributed by atoms with Crippen molar-refractivity contribution >= 4 is 11.9 Å². The molecule has 0 saturated heterocycles. The third-order valence-electron chi connectivity index (χ3n) is 16.8. The number of allylic oxidation sites excluding steroid dienone is 4. The fraction of sp³-hybridized carbons (Fsp3) is 0.917. The molecule has 0 saturated carbocycles. The van der Waals surface area contributed by atoms with Crippen molar-refractivity contribution in [2.24, 2.45) is 0 Å². The lowest BCUT2D eigenvalue weighted by Gasteiger charge is -2.22. The fourth-order valence-electron chi connectivity index (χ4n) is 11.3. The van der Waals surface area contributed by atoms with Gasteiger partial charge in [0.25, 0.3) is 0 Å². The topological polar surface area (TPSA) is 95.9 Å². The van der Waals surface area contributed by atoms with Crippen LogP contribution in [0.15, 0.2) is 24.3 Å². The molecule has 0 bridgehead atoms. The Hall–Kier alpha value is -1.66. The summed E-state index contributed by atoms with van der Waals surface area (Å²) >= 11 is 0. The monoisotopic (exact) mass is 1100 g/mol. The molecule has 0 fully saturated rings. The summed E-state index contributed by atoms with van der Waals surface area (Å²) in [7, 11) is 0. The van der Waals surface area contributed by atoms with E-state index in [0.717, 1.165) is 44.9 Å². The van der Waals surface area contributed by atoms with E-state index in [-0.39, 0.29) is 18.5 Å². The van der Waals surface area contributed by atoms with Gasteiger partial charge in [0.1, 0.15) is 0 Å². The third-order valence-corrected chi connectivity index (χ3v) is 16.8. The maximum absolute atomic E-state index is 12.5. The van der Waals surface area contributed by atoms with E-state index in [2.05, 4.69) is 43.5 Å². The van der Waals surface area contributed by atoms with Gasteiger partial charge in [-0.05, 0) is 57.8 Å². The first-order valence-corrected chi connectivity index (χ1v) is 35.6. The summed E-state index contributed by atoms with van der Waals surface area (Å²) in [6.07, 6.45) is 85.3. The normalized spacial score (nSPS) is 12.6. The molecule has 0 aromatic carbocycles. The number of unbranched alkanes of at least 4 members (excludes halogenated alkanes) is 52. The van der Waals surface area contributed by atoms with Crippen LogP contribution in [-0.2, 0) is 14.3 Å². The van der Waals surface area contributed by atoms with Crippen molar-refractivity contribution in [3.05, 3.63) is 24.3 Å². The Balaban J connectivity index is 3.34. The van der Waals surface area contributed by atoms with Crippen LogP contribution in [0.2, 0.25) is 0 Å². The van der Waals surface area contributed by atoms with Gasteiger partial charge in [0.05, 0.1) is 25.4 Å². The van der Waals surface area contributed by atoms with Crippen molar-refractivity contribution in [3.63, 3.8) is 0 Å². The van der Waals surface area contributed by atoms with Crippen LogP contribution in [0.1, 0.15) is 399 Å². The van der Waals surface area contributed by atoms with Gasteiger partial charge < -0.3 is 20.3 Å². The van der Waals surface area contributed by atoms with Crippen molar-refractivity contribution in [1.29, 1.82) is 0 Å². The fourth-order valence-corrected chi connectivity index (χ4v) is 11.3. The largest absolute Gasteiger partial charge is 0.466 e. The molecular formula is C72H139NO5. The Labute approximate surface area is 488 Å². The number of esters is 1. The zero-order valence-electron chi connectivity index (χ0n) is 52.9. The summed E-state index contributed by atoms with van der Waals surface area (Å²) in [5.74, 6) is -0.0115. The molecule has 0 rings (SSSR count). The molecule has 78 heavy (non-hydrogen) atoms. The molecule has 3 N–H and O–H groups in total. The first-order chi connectivity index (χ1) is 38.5. The minimum Gasteiger partial charge on any atom is -0.466 e. The molecule has 0 aliphatic heterocycles. The lowest BCUT2D eigenvalue weighted by molar-refractivity contribution is -0.143. The number of aliphatic hydroxyl groups is 2. The Morgan fingerprint density at radius 1 is 0.359 bits per heavy atom. The quantitative estimate of drug-likeness (QED) is 0.0320. The number of hydrogen-bond acceptors (Lipinski definition) is 5. The van der Waals surface area contributed by atoms with Gasteiger partial charge >= 0.3 is 5.97 Å². The minimum atomic E-state index is -0.661. The average Bonchev–Trinajstić information content (AvgIpc) is 3.44. The number of amides is 1. The summed E-state index contributed by atoms with van der Waals surface area (Å²) in [5.41, 5.74) is 0. The number of carbonyl (C=O) groups is 2. The Bertz CT molecular complexity index is 1220. The molecule has 0 spiro atoms. The first-order valence-electron chi connectivity index (χ1n) is 35.6. The predicted molar refractivity (Wildman–Crippen MR) is 343 cm³/mol. The van der Waals surface area contributed by atoms with Gasteiger partial charge in [-0.25, -0.2) is 0 Å². The number of ether oxygens (including phenoxy) is 1. The van der Waals surface area contributed by atoms with Crippen molar-refractivity contribution < 1.29 is 24.5 Å². The highest BCUT2D eigenvalue weighted by Gasteiger charge is 2.20. The van der Waals surface area contributed by atoms with Crippen molar-refractivity contribution in [2.45, 2.75) is 411 Å². The molecule has 0 radical (unpaired) electrons. The van der Waals surface area contributed by atoms with Gasteiger partial charge in [-0.15, -0.1) is 0 Å². The summed E-state index contributed by atoms with van der Waals surface area (Å²) in [6.45, 7) is 4.98. The molecule has 1 amide bonds. The maximum Gasteiger partial charge on any atom is 0.305 e. The second-order valence-corrected chi connectivity index (χ2v) is 24.6. The molecular weight excluding hydrogens is 959 g/mol. The predicted octanol–water partition coefficient (Wildman–Crippen LogP) is 22.9.